The normalized spacial score (nSPS) is 10.9. The molecule has 3 aromatic rings. The molecule has 0 aliphatic carbocycles. The Balaban J connectivity index is 1.70. The summed E-state index contributed by atoms with van der Waals surface area (Å²) in [7, 11) is 4.03. The maximum absolute atomic E-state index is 13.2. The molecule has 3 rings (SSSR count). The Morgan fingerprint density at radius 3 is 2.60 bits per heavy atom. The average Bonchev–Trinajstić information content (AvgIpc) is 2.95. The van der Waals surface area contributed by atoms with Crippen LogP contribution < -0.4 is 10.2 Å². The molecule has 0 radical (unpaired) electrons. The molecule has 1 heterocycles. The fraction of sp³-hybridized carbons (Fsp3) is 0.304. The molecule has 0 spiro atoms. The zero-order valence-electron chi connectivity index (χ0n) is 17.7. The van der Waals surface area contributed by atoms with Crippen molar-refractivity contribution in [2.24, 2.45) is 0 Å². The molecule has 0 aliphatic rings. The van der Waals surface area contributed by atoms with Gasteiger partial charge < -0.3 is 10.2 Å². The van der Waals surface area contributed by atoms with Gasteiger partial charge in [0, 0.05) is 42.6 Å². The van der Waals surface area contributed by atoms with E-state index >= 15 is 0 Å². The summed E-state index contributed by atoms with van der Waals surface area (Å²) in [5.74, 6) is -0.528. The number of aromatic nitrogens is 2. The van der Waals surface area contributed by atoms with Gasteiger partial charge in [-0.2, -0.15) is 5.10 Å². The number of benzene rings is 2. The maximum atomic E-state index is 13.2. The van der Waals surface area contributed by atoms with E-state index in [1.54, 1.807) is 6.07 Å². The minimum absolute atomic E-state index is 0.130. The van der Waals surface area contributed by atoms with Crippen LogP contribution in [0.1, 0.15) is 28.1 Å². The molecule has 0 atom stereocenters. The quantitative estimate of drug-likeness (QED) is 0.611. The van der Waals surface area contributed by atoms with Gasteiger partial charge in [-0.3, -0.25) is 9.48 Å². The molecule has 30 heavy (non-hydrogen) atoms. The van der Waals surface area contributed by atoms with E-state index in [0.29, 0.717) is 17.1 Å². The molecule has 0 unspecified atom stereocenters. The van der Waals surface area contributed by atoms with Crippen LogP contribution in [0.4, 0.5) is 10.1 Å². The summed E-state index contributed by atoms with van der Waals surface area (Å²) in [6.07, 6.45) is 0.228. The van der Waals surface area contributed by atoms with E-state index < -0.39 is 5.82 Å². The fourth-order valence-electron chi connectivity index (χ4n) is 3.47. The first-order valence-electron chi connectivity index (χ1n) is 9.75. The summed E-state index contributed by atoms with van der Waals surface area (Å²) in [6.45, 7) is 4.78. The second-order valence-corrected chi connectivity index (χ2v) is 7.93. The molecule has 1 amide bonds. The van der Waals surface area contributed by atoms with Crippen LogP contribution in [-0.4, -0.2) is 29.8 Å². The lowest BCUT2D eigenvalue weighted by molar-refractivity contribution is -0.120. The first kappa shape index (κ1) is 21.8. The topological polar surface area (TPSA) is 50.2 Å². The molecule has 7 heteroatoms. The van der Waals surface area contributed by atoms with Crippen molar-refractivity contribution < 1.29 is 9.18 Å². The van der Waals surface area contributed by atoms with E-state index in [-0.39, 0.29) is 18.9 Å². The Labute approximate surface area is 181 Å². The first-order chi connectivity index (χ1) is 14.3. The fourth-order valence-corrected chi connectivity index (χ4v) is 3.70. The Kier molecular flexibility index (Phi) is 6.77. The standard InChI is InChI=1S/C23H26ClFN4O/c1-15-20(12-23(30)26-13-17-9-10-19(25)11-21(17)24)16(2)29(27-15)14-18-7-5-6-8-22(18)28(3)4/h5-11H,12-14H2,1-4H3,(H,26,30). The van der Waals surface area contributed by atoms with Gasteiger partial charge in [0.15, 0.2) is 0 Å². The Hall–Kier alpha value is -2.86. The summed E-state index contributed by atoms with van der Waals surface area (Å²) in [5, 5.41) is 7.81. The number of aryl methyl sites for hydroxylation is 1. The van der Waals surface area contributed by atoms with Gasteiger partial charge in [0.1, 0.15) is 5.82 Å². The summed E-state index contributed by atoms with van der Waals surface area (Å²) in [4.78, 5) is 14.6. The molecule has 0 saturated heterocycles. The first-order valence-corrected chi connectivity index (χ1v) is 10.1. The highest BCUT2D eigenvalue weighted by atomic mass is 35.5. The molecular weight excluding hydrogens is 403 g/mol. The number of carbonyl (C=O) groups excluding carboxylic acids is 1. The largest absolute Gasteiger partial charge is 0.377 e. The molecule has 2 aromatic carbocycles. The number of nitrogens with one attached hydrogen (secondary N) is 1. The number of amides is 1. The Morgan fingerprint density at radius 1 is 1.17 bits per heavy atom. The lowest BCUT2D eigenvalue weighted by Gasteiger charge is -2.17. The van der Waals surface area contributed by atoms with Crippen LogP contribution >= 0.6 is 11.6 Å². The van der Waals surface area contributed by atoms with Gasteiger partial charge in [-0.05, 0) is 43.2 Å². The van der Waals surface area contributed by atoms with Crippen molar-refractivity contribution in [3.05, 3.63) is 81.4 Å². The van der Waals surface area contributed by atoms with E-state index in [9.17, 15) is 9.18 Å². The van der Waals surface area contributed by atoms with E-state index in [2.05, 4.69) is 27.4 Å². The van der Waals surface area contributed by atoms with Crippen LogP contribution in [0.5, 0.6) is 0 Å². The molecule has 5 nitrogen and oxygen atoms in total. The van der Waals surface area contributed by atoms with E-state index in [1.807, 2.05) is 44.8 Å². The van der Waals surface area contributed by atoms with Crippen molar-refractivity contribution in [1.29, 1.82) is 0 Å². The smallest absolute Gasteiger partial charge is 0.224 e. The molecule has 0 aliphatic heterocycles. The van der Waals surface area contributed by atoms with Crippen LogP contribution in [0, 0.1) is 19.7 Å². The van der Waals surface area contributed by atoms with Crippen molar-refractivity contribution >= 4 is 23.2 Å². The molecule has 1 N–H and O–H groups in total. The predicted molar refractivity (Wildman–Crippen MR) is 119 cm³/mol. The molecular formula is C23H26ClFN4O. The van der Waals surface area contributed by atoms with Crippen LogP contribution in [0.15, 0.2) is 42.5 Å². The predicted octanol–water partition coefficient (Wildman–Crippen LogP) is 4.27. The second kappa shape index (κ2) is 9.30. The number of nitrogens with zero attached hydrogens (tertiary/aromatic N) is 3. The van der Waals surface area contributed by atoms with E-state index in [4.69, 9.17) is 11.6 Å². The minimum atomic E-state index is -0.399. The Bertz CT molecular complexity index is 1060. The highest BCUT2D eigenvalue weighted by Crippen LogP contribution is 2.22. The van der Waals surface area contributed by atoms with Crippen molar-refractivity contribution in [2.45, 2.75) is 33.4 Å². The van der Waals surface area contributed by atoms with Gasteiger partial charge >= 0.3 is 0 Å². The third-order valence-electron chi connectivity index (χ3n) is 5.15. The van der Waals surface area contributed by atoms with Crippen molar-refractivity contribution in [3.8, 4) is 0 Å². The van der Waals surface area contributed by atoms with Crippen LogP contribution in [-0.2, 0) is 24.3 Å². The molecule has 0 bridgehead atoms. The molecule has 1 aromatic heterocycles. The number of rotatable bonds is 7. The van der Waals surface area contributed by atoms with Crippen LogP contribution in [0.25, 0.3) is 0 Å². The zero-order valence-corrected chi connectivity index (χ0v) is 18.4. The average molecular weight is 429 g/mol. The minimum Gasteiger partial charge on any atom is -0.377 e. The van der Waals surface area contributed by atoms with Gasteiger partial charge in [-0.1, -0.05) is 35.9 Å². The number of carbonyl (C=O) groups is 1. The molecule has 158 valence electrons. The SMILES string of the molecule is Cc1nn(Cc2ccccc2N(C)C)c(C)c1CC(=O)NCc1ccc(F)cc1Cl. The monoisotopic (exact) mass is 428 g/mol. The number of para-hydroxylation sites is 1. The van der Waals surface area contributed by atoms with Gasteiger partial charge in [0.05, 0.1) is 18.7 Å². The highest BCUT2D eigenvalue weighted by Gasteiger charge is 2.16. The zero-order chi connectivity index (χ0) is 21.8. The number of anilines is 1. The summed E-state index contributed by atoms with van der Waals surface area (Å²) >= 11 is 6.03. The van der Waals surface area contributed by atoms with Gasteiger partial charge in [0.2, 0.25) is 5.91 Å². The lowest BCUT2D eigenvalue weighted by Crippen LogP contribution is -2.25. The van der Waals surface area contributed by atoms with Crippen molar-refractivity contribution in [1.82, 2.24) is 15.1 Å². The summed E-state index contributed by atoms with van der Waals surface area (Å²) in [5.41, 5.74) is 5.70. The highest BCUT2D eigenvalue weighted by molar-refractivity contribution is 6.31. The third-order valence-corrected chi connectivity index (χ3v) is 5.51. The maximum Gasteiger partial charge on any atom is 0.224 e. The molecule has 0 fully saturated rings. The molecule has 0 saturated carbocycles. The van der Waals surface area contributed by atoms with Gasteiger partial charge in [0.25, 0.3) is 0 Å². The van der Waals surface area contributed by atoms with Crippen LogP contribution in [0.2, 0.25) is 5.02 Å². The second-order valence-electron chi connectivity index (χ2n) is 7.52. The van der Waals surface area contributed by atoms with E-state index in [0.717, 1.165) is 28.2 Å². The number of halogens is 2. The Morgan fingerprint density at radius 2 is 1.90 bits per heavy atom. The van der Waals surface area contributed by atoms with Crippen molar-refractivity contribution in [2.75, 3.05) is 19.0 Å². The number of hydrogen-bond donors (Lipinski definition) is 1. The summed E-state index contributed by atoms with van der Waals surface area (Å²) < 4.78 is 15.1. The van der Waals surface area contributed by atoms with Crippen LogP contribution in [0.3, 0.4) is 0 Å². The third kappa shape index (κ3) is 5.00. The lowest BCUT2D eigenvalue weighted by atomic mass is 10.1. The summed E-state index contributed by atoms with van der Waals surface area (Å²) in [6, 6.07) is 12.4. The van der Waals surface area contributed by atoms with Crippen molar-refractivity contribution in [3.63, 3.8) is 0 Å². The number of hydrogen-bond acceptors (Lipinski definition) is 3. The van der Waals surface area contributed by atoms with E-state index in [1.165, 1.54) is 12.1 Å². The van der Waals surface area contributed by atoms with Gasteiger partial charge in [-0.15, -0.1) is 0 Å². The van der Waals surface area contributed by atoms with Gasteiger partial charge in [-0.25, -0.2) is 4.39 Å².